The fraction of sp³-hybridized carbons (Fsp3) is 0.789. The quantitative estimate of drug-likeness (QED) is 0.682. The summed E-state index contributed by atoms with van der Waals surface area (Å²) in [6, 6.07) is 0. The van der Waals surface area contributed by atoms with E-state index < -0.39 is 5.97 Å². The highest BCUT2D eigenvalue weighted by Gasteiger charge is 2.23. The number of carboxylic acid groups (broad SMARTS) is 1. The highest BCUT2D eigenvalue weighted by Crippen LogP contribution is 2.31. The van der Waals surface area contributed by atoms with Gasteiger partial charge in [0.2, 0.25) is 11.8 Å². The van der Waals surface area contributed by atoms with E-state index >= 15 is 0 Å². The zero-order valence-corrected chi connectivity index (χ0v) is 16.3. The van der Waals surface area contributed by atoms with Gasteiger partial charge in [-0.3, -0.25) is 9.59 Å². The van der Waals surface area contributed by atoms with Gasteiger partial charge in [0, 0.05) is 12.8 Å². The van der Waals surface area contributed by atoms with E-state index in [1.165, 1.54) is 39.0 Å². The molecule has 1 heterocycles. The van der Waals surface area contributed by atoms with Crippen LogP contribution in [0, 0.1) is 5.92 Å². The van der Waals surface area contributed by atoms with E-state index in [4.69, 9.17) is 9.63 Å². The Morgan fingerprint density at radius 3 is 2.58 bits per heavy atom. The number of carbonyl (C=O) groups is 2. The molecule has 1 aromatic heterocycles. The van der Waals surface area contributed by atoms with Crippen molar-refractivity contribution in [1.82, 2.24) is 15.5 Å². The third-order valence-corrected chi connectivity index (χ3v) is 4.64. The van der Waals surface area contributed by atoms with Crippen molar-refractivity contribution in [2.45, 2.75) is 91.0 Å². The van der Waals surface area contributed by atoms with Crippen LogP contribution in [0.1, 0.15) is 96.2 Å². The summed E-state index contributed by atoms with van der Waals surface area (Å²) in [6.07, 6.45) is 9.43. The Bertz CT molecular complexity index is 539. The lowest BCUT2D eigenvalue weighted by Crippen LogP contribution is -2.19. The molecule has 148 valence electrons. The number of nitrogens with one attached hydrogen (secondary N) is 1. The lowest BCUT2D eigenvalue weighted by Gasteiger charge is -2.21. The minimum atomic E-state index is -0.862. The zero-order valence-electron chi connectivity index (χ0n) is 16.3. The molecule has 2 N–H and O–H groups in total. The Balaban J connectivity index is 0.00000163. The van der Waals surface area contributed by atoms with E-state index in [0.29, 0.717) is 11.7 Å². The van der Waals surface area contributed by atoms with Gasteiger partial charge in [-0.25, -0.2) is 0 Å². The first-order valence-electron chi connectivity index (χ1n) is 9.83. The number of amides is 1. The van der Waals surface area contributed by atoms with Crippen molar-refractivity contribution < 1.29 is 19.2 Å². The second-order valence-corrected chi connectivity index (χ2v) is 6.69. The van der Waals surface area contributed by atoms with Crippen LogP contribution < -0.4 is 5.32 Å². The summed E-state index contributed by atoms with van der Waals surface area (Å²) in [7, 11) is 0. The van der Waals surface area contributed by atoms with E-state index in [1.807, 2.05) is 13.8 Å². The summed E-state index contributed by atoms with van der Waals surface area (Å²) in [6.45, 7) is 5.61. The van der Waals surface area contributed by atoms with Crippen LogP contribution in [0.25, 0.3) is 0 Å². The fourth-order valence-electron chi connectivity index (χ4n) is 3.36. The maximum atomic E-state index is 11.1. The lowest BCUT2D eigenvalue weighted by molar-refractivity contribution is -0.137. The van der Waals surface area contributed by atoms with Crippen LogP contribution in [0.2, 0.25) is 0 Å². The molecule has 0 aliphatic heterocycles. The molecule has 1 atom stereocenters. The molecule has 0 saturated heterocycles. The molecule has 0 spiro atoms. The van der Waals surface area contributed by atoms with E-state index in [0.717, 1.165) is 25.2 Å². The van der Waals surface area contributed by atoms with Gasteiger partial charge in [-0.1, -0.05) is 63.9 Å². The van der Waals surface area contributed by atoms with Crippen molar-refractivity contribution in [3.05, 3.63) is 11.7 Å². The average molecular weight is 367 g/mol. The Morgan fingerprint density at radius 1 is 1.27 bits per heavy atom. The minimum absolute atomic E-state index is 0.00750. The second-order valence-electron chi connectivity index (χ2n) is 6.69. The van der Waals surface area contributed by atoms with Crippen molar-refractivity contribution >= 4 is 11.9 Å². The van der Waals surface area contributed by atoms with Gasteiger partial charge >= 0.3 is 5.97 Å². The first-order chi connectivity index (χ1) is 12.5. The van der Waals surface area contributed by atoms with Crippen molar-refractivity contribution in [2.75, 3.05) is 0 Å². The maximum Gasteiger partial charge on any atom is 0.304 e. The number of aromatic nitrogens is 2. The number of hydrogen-bond donors (Lipinski definition) is 2. The molecule has 1 saturated carbocycles. The Labute approximate surface area is 155 Å². The maximum absolute atomic E-state index is 11.1. The van der Waals surface area contributed by atoms with Crippen LogP contribution in [-0.2, 0) is 16.1 Å². The highest BCUT2D eigenvalue weighted by molar-refractivity contribution is 5.72. The average Bonchev–Trinajstić information content (AvgIpc) is 3.10. The van der Waals surface area contributed by atoms with Gasteiger partial charge in [-0.2, -0.15) is 4.98 Å². The minimum Gasteiger partial charge on any atom is -0.481 e. The summed E-state index contributed by atoms with van der Waals surface area (Å²) in [5.41, 5.74) is 0. The summed E-state index contributed by atoms with van der Waals surface area (Å²) < 4.78 is 5.23. The molecule has 7 nitrogen and oxygen atoms in total. The van der Waals surface area contributed by atoms with Gasteiger partial charge in [-0.15, -0.1) is 0 Å². The van der Waals surface area contributed by atoms with Crippen LogP contribution >= 0.6 is 0 Å². The fourth-order valence-corrected chi connectivity index (χ4v) is 3.36. The number of rotatable bonds is 9. The van der Waals surface area contributed by atoms with Crippen molar-refractivity contribution in [3.63, 3.8) is 0 Å². The third kappa shape index (κ3) is 8.45. The molecule has 1 aliphatic rings. The van der Waals surface area contributed by atoms with Gasteiger partial charge in [0.25, 0.3) is 0 Å². The van der Waals surface area contributed by atoms with Crippen LogP contribution in [0.3, 0.4) is 0 Å². The Hall–Kier alpha value is -1.92. The lowest BCUT2D eigenvalue weighted by atomic mass is 9.84. The Kier molecular flexibility index (Phi) is 10.6. The van der Waals surface area contributed by atoms with Crippen LogP contribution in [0.15, 0.2) is 4.52 Å². The molecule has 2 rings (SSSR count). The molecule has 1 amide bonds. The molecule has 26 heavy (non-hydrogen) atoms. The van der Waals surface area contributed by atoms with Gasteiger partial charge in [-0.05, 0) is 12.3 Å². The molecule has 0 radical (unpaired) electrons. The monoisotopic (exact) mass is 367 g/mol. The molecular weight excluding hydrogens is 334 g/mol. The zero-order chi connectivity index (χ0) is 19.4. The van der Waals surface area contributed by atoms with E-state index in [-0.39, 0.29) is 24.8 Å². The molecule has 1 fully saturated rings. The topological polar surface area (TPSA) is 105 Å². The van der Waals surface area contributed by atoms with E-state index in [1.54, 1.807) is 0 Å². The molecule has 0 unspecified atom stereocenters. The standard InChI is InChI=1S/C17H27N3O4.C2H6/c1-12(21)18-11-15-19-17(24-20-15)14(10-16(22)23)9-5-8-13-6-3-2-4-7-13;1-2/h13-14H,2-11H2,1H3,(H,18,21)(H,22,23);1-2H3/t14-;/m1./s1. The number of carbonyl (C=O) groups excluding carboxylic acids is 1. The predicted octanol–water partition coefficient (Wildman–Crippen LogP) is 4.04. The van der Waals surface area contributed by atoms with Gasteiger partial charge in [0.15, 0.2) is 5.82 Å². The number of nitrogens with zero attached hydrogens (tertiary/aromatic N) is 2. The van der Waals surface area contributed by atoms with Crippen LogP contribution in [-0.4, -0.2) is 27.1 Å². The van der Waals surface area contributed by atoms with Gasteiger partial charge in [0.05, 0.1) is 13.0 Å². The largest absolute Gasteiger partial charge is 0.481 e. The van der Waals surface area contributed by atoms with E-state index in [9.17, 15) is 9.59 Å². The summed E-state index contributed by atoms with van der Waals surface area (Å²) >= 11 is 0. The SMILES string of the molecule is CC.CC(=O)NCc1noc([C@H](CCCC2CCCCC2)CC(=O)O)n1. The summed E-state index contributed by atoms with van der Waals surface area (Å²) in [5, 5.41) is 15.6. The second kappa shape index (κ2) is 12.4. The number of carboxylic acids is 1. The van der Waals surface area contributed by atoms with Gasteiger partial charge < -0.3 is 14.9 Å². The first kappa shape index (κ1) is 22.1. The molecule has 7 heteroatoms. The highest BCUT2D eigenvalue weighted by atomic mass is 16.5. The van der Waals surface area contributed by atoms with Crippen LogP contribution in [0.4, 0.5) is 0 Å². The first-order valence-corrected chi connectivity index (χ1v) is 9.83. The number of aliphatic carboxylic acids is 1. The predicted molar refractivity (Wildman–Crippen MR) is 98.6 cm³/mol. The molecule has 1 aromatic rings. The normalized spacial score (nSPS) is 15.7. The third-order valence-electron chi connectivity index (χ3n) is 4.64. The van der Waals surface area contributed by atoms with Crippen LogP contribution in [0.5, 0.6) is 0 Å². The molecule has 0 bridgehead atoms. The van der Waals surface area contributed by atoms with Gasteiger partial charge in [0.1, 0.15) is 0 Å². The summed E-state index contributed by atoms with van der Waals surface area (Å²) in [5.74, 6) is 0.228. The van der Waals surface area contributed by atoms with E-state index in [2.05, 4.69) is 15.5 Å². The number of hydrogen-bond acceptors (Lipinski definition) is 5. The molecule has 1 aliphatic carbocycles. The summed E-state index contributed by atoms with van der Waals surface area (Å²) in [4.78, 5) is 26.3. The Morgan fingerprint density at radius 2 is 1.96 bits per heavy atom. The van der Waals surface area contributed by atoms with Crippen molar-refractivity contribution in [3.8, 4) is 0 Å². The molecular formula is C19H33N3O4. The van der Waals surface area contributed by atoms with Crippen molar-refractivity contribution in [1.29, 1.82) is 0 Å². The molecule has 0 aromatic carbocycles. The smallest absolute Gasteiger partial charge is 0.304 e. The van der Waals surface area contributed by atoms with Crippen molar-refractivity contribution in [2.24, 2.45) is 5.92 Å².